The lowest BCUT2D eigenvalue weighted by Gasteiger charge is -2.16. The number of ether oxygens (including phenoxy) is 2. The van der Waals surface area contributed by atoms with Gasteiger partial charge in [-0.3, -0.25) is 4.79 Å². The van der Waals surface area contributed by atoms with Crippen molar-refractivity contribution in [2.75, 3.05) is 18.2 Å². The average Bonchev–Trinajstić information content (AvgIpc) is 3.21. The highest BCUT2D eigenvalue weighted by atomic mass is 32.2. The van der Waals surface area contributed by atoms with Gasteiger partial charge in [-0.25, -0.2) is 0 Å². The zero-order chi connectivity index (χ0) is 22.2. The molecule has 1 N–H and O–H groups in total. The summed E-state index contributed by atoms with van der Waals surface area (Å²) in [6, 6.07) is 16.3. The Hall–Kier alpha value is -3.51. The Balaban J connectivity index is 1.65. The first-order chi connectivity index (χ1) is 15.0. The van der Waals surface area contributed by atoms with Gasteiger partial charge in [0.05, 0.1) is 24.1 Å². The number of aromatic nitrogens is 3. The van der Waals surface area contributed by atoms with E-state index in [1.165, 1.54) is 11.8 Å². The molecule has 3 rings (SSSR count). The molecule has 9 heteroatoms. The van der Waals surface area contributed by atoms with Crippen LogP contribution < -0.4 is 14.8 Å². The van der Waals surface area contributed by atoms with Crippen molar-refractivity contribution in [3.8, 4) is 17.6 Å². The summed E-state index contributed by atoms with van der Waals surface area (Å²) in [6.07, 6.45) is -0.342. The van der Waals surface area contributed by atoms with Crippen LogP contribution in [0.1, 0.15) is 31.3 Å². The first-order valence-corrected chi connectivity index (χ1v) is 10.7. The molecule has 3 aromatic rings. The second-order valence-electron chi connectivity index (χ2n) is 6.52. The molecule has 0 aliphatic carbocycles. The number of carbonyl (C=O) groups excluding carboxylic acids is 1. The maximum absolute atomic E-state index is 12.4. The van der Waals surface area contributed by atoms with Gasteiger partial charge in [0, 0.05) is 12.6 Å². The molecule has 1 heterocycles. The minimum absolute atomic E-state index is 0.142. The molecule has 0 aliphatic rings. The first kappa shape index (κ1) is 22.2. The van der Waals surface area contributed by atoms with Gasteiger partial charge >= 0.3 is 0 Å². The Bertz CT molecular complexity index is 1090. The van der Waals surface area contributed by atoms with E-state index in [-0.39, 0.29) is 17.8 Å². The second kappa shape index (κ2) is 10.5. The number of anilines is 1. The predicted molar refractivity (Wildman–Crippen MR) is 118 cm³/mol. The lowest BCUT2D eigenvalue weighted by atomic mass is 10.2. The van der Waals surface area contributed by atoms with Crippen molar-refractivity contribution >= 4 is 23.4 Å². The zero-order valence-electron chi connectivity index (χ0n) is 17.5. The number of carbonyl (C=O) groups is 1. The molecule has 1 atom stereocenters. The van der Waals surface area contributed by atoms with Gasteiger partial charge in [-0.1, -0.05) is 30.0 Å². The largest absolute Gasteiger partial charge is 0.497 e. The van der Waals surface area contributed by atoms with Crippen LogP contribution in [0.15, 0.2) is 53.7 Å². The normalized spacial score (nSPS) is 11.4. The summed E-state index contributed by atoms with van der Waals surface area (Å²) in [5, 5.41) is 21.1. The third-order valence-electron chi connectivity index (χ3n) is 4.43. The Kier molecular flexibility index (Phi) is 7.51. The van der Waals surface area contributed by atoms with Crippen LogP contribution in [0.4, 0.5) is 5.69 Å². The van der Waals surface area contributed by atoms with Crippen LogP contribution in [-0.2, 0) is 11.3 Å². The smallest absolute Gasteiger partial charge is 0.234 e. The van der Waals surface area contributed by atoms with E-state index < -0.39 is 0 Å². The van der Waals surface area contributed by atoms with Crippen LogP contribution >= 0.6 is 11.8 Å². The molecule has 31 heavy (non-hydrogen) atoms. The van der Waals surface area contributed by atoms with E-state index in [0.717, 1.165) is 0 Å². The molecule has 1 amide bonds. The molecule has 8 nitrogen and oxygen atoms in total. The van der Waals surface area contributed by atoms with E-state index in [1.807, 2.05) is 42.7 Å². The molecule has 2 aromatic carbocycles. The maximum atomic E-state index is 12.4. The highest BCUT2D eigenvalue weighted by Crippen LogP contribution is 2.27. The number of nitriles is 1. The number of nitrogens with zero attached hydrogens (tertiary/aromatic N) is 4. The lowest BCUT2D eigenvalue weighted by molar-refractivity contribution is -0.113. The number of para-hydroxylation sites is 1. The number of amides is 1. The van der Waals surface area contributed by atoms with Gasteiger partial charge < -0.3 is 19.4 Å². The van der Waals surface area contributed by atoms with E-state index >= 15 is 0 Å². The number of nitrogens with one attached hydrogen (secondary N) is 1. The van der Waals surface area contributed by atoms with Gasteiger partial charge in [0.1, 0.15) is 17.6 Å². The molecule has 1 aromatic heterocycles. The van der Waals surface area contributed by atoms with E-state index in [4.69, 9.17) is 14.7 Å². The second-order valence-corrected chi connectivity index (χ2v) is 7.46. The monoisotopic (exact) mass is 437 g/mol. The van der Waals surface area contributed by atoms with Crippen LogP contribution in [0.25, 0.3) is 0 Å². The molecule has 0 bridgehead atoms. The number of thioether (sulfide) groups is 1. The molecule has 0 radical (unpaired) electrons. The minimum atomic E-state index is -0.342. The topological polar surface area (TPSA) is 102 Å². The molecule has 0 aliphatic heterocycles. The fraction of sp³-hybridized carbons (Fsp3) is 0.273. The molecule has 160 valence electrons. The predicted octanol–water partition coefficient (Wildman–Crippen LogP) is 4.05. The third kappa shape index (κ3) is 5.55. The van der Waals surface area contributed by atoms with Gasteiger partial charge in [-0.2, -0.15) is 5.26 Å². The summed E-state index contributed by atoms with van der Waals surface area (Å²) in [4.78, 5) is 12.4. The van der Waals surface area contributed by atoms with Gasteiger partial charge in [0.15, 0.2) is 17.1 Å². The highest BCUT2D eigenvalue weighted by Gasteiger charge is 2.20. The van der Waals surface area contributed by atoms with E-state index in [2.05, 4.69) is 21.6 Å². The first-order valence-electron chi connectivity index (χ1n) is 9.71. The lowest BCUT2D eigenvalue weighted by Crippen LogP contribution is -2.16. The van der Waals surface area contributed by atoms with Crippen LogP contribution in [0.3, 0.4) is 0 Å². The molecule has 0 saturated carbocycles. The van der Waals surface area contributed by atoms with E-state index in [1.54, 1.807) is 31.4 Å². The number of rotatable bonds is 9. The Labute approximate surface area is 185 Å². The quantitative estimate of drug-likeness (QED) is 0.504. The number of hydrogen-bond donors (Lipinski definition) is 1. The molecule has 0 spiro atoms. The van der Waals surface area contributed by atoms with Crippen molar-refractivity contribution in [3.63, 3.8) is 0 Å². The van der Waals surface area contributed by atoms with Crippen molar-refractivity contribution < 1.29 is 14.3 Å². The Morgan fingerprint density at radius 3 is 2.74 bits per heavy atom. The number of benzene rings is 2. The third-order valence-corrected chi connectivity index (χ3v) is 5.40. The van der Waals surface area contributed by atoms with Crippen molar-refractivity contribution in [2.24, 2.45) is 0 Å². The maximum Gasteiger partial charge on any atom is 0.234 e. The van der Waals surface area contributed by atoms with E-state index in [9.17, 15) is 4.79 Å². The average molecular weight is 438 g/mol. The summed E-state index contributed by atoms with van der Waals surface area (Å²) in [7, 11) is 1.61. The van der Waals surface area contributed by atoms with Crippen LogP contribution in [-0.4, -0.2) is 33.5 Å². The Morgan fingerprint density at radius 2 is 2.00 bits per heavy atom. The zero-order valence-corrected chi connectivity index (χ0v) is 18.3. The van der Waals surface area contributed by atoms with Crippen molar-refractivity contribution in [1.29, 1.82) is 5.26 Å². The minimum Gasteiger partial charge on any atom is -0.497 e. The van der Waals surface area contributed by atoms with Crippen molar-refractivity contribution in [3.05, 3.63) is 59.9 Å². The highest BCUT2D eigenvalue weighted by molar-refractivity contribution is 7.99. The van der Waals surface area contributed by atoms with Crippen molar-refractivity contribution in [1.82, 2.24) is 14.8 Å². The summed E-state index contributed by atoms with van der Waals surface area (Å²) in [5.41, 5.74) is 0.914. The molecular weight excluding hydrogens is 414 g/mol. The van der Waals surface area contributed by atoms with Gasteiger partial charge in [-0.15, -0.1) is 10.2 Å². The molecule has 0 fully saturated rings. The number of methoxy groups -OCH3 is 1. The van der Waals surface area contributed by atoms with Gasteiger partial charge in [-0.05, 0) is 38.1 Å². The molecular formula is C22H23N5O3S. The Morgan fingerprint density at radius 1 is 1.23 bits per heavy atom. The number of hydrogen-bond acceptors (Lipinski definition) is 7. The molecule has 0 saturated heterocycles. The standard InChI is InChI=1S/C22H23N5O3S/c1-4-27-21(15(2)30-18-10-7-9-17(12-18)29-3)25-26-22(27)31-14-20(28)24-19-11-6-5-8-16(19)13-23/h5-12,15H,4,14H2,1-3H3,(H,24,28). The van der Waals surface area contributed by atoms with Crippen LogP contribution in [0.5, 0.6) is 11.5 Å². The van der Waals surface area contributed by atoms with Crippen molar-refractivity contribution in [2.45, 2.75) is 31.7 Å². The fourth-order valence-corrected chi connectivity index (χ4v) is 3.75. The van der Waals surface area contributed by atoms with Gasteiger partial charge in [0.2, 0.25) is 5.91 Å². The molecule has 1 unspecified atom stereocenters. The summed E-state index contributed by atoms with van der Waals surface area (Å²) in [6.45, 7) is 4.52. The van der Waals surface area contributed by atoms with Gasteiger partial charge in [0.25, 0.3) is 0 Å². The van der Waals surface area contributed by atoms with E-state index in [0.29, 0.717) is 40.3 Å². The SMILES string of the molecule is CCn1c(SCC(=O)Nc2ccccc2C#N)nnc1C(C)Oc1cccc(OC)c1. The summed E-state index contributed by atoms with van der Waals surface area (Å²) in [5.74, 6) is 1.97. The van der Waals surface area contributed by atoms with Crippen LogP contribution in [0, 0.1) is 11.3 Å². The van der Waals surface area contributed by atoms with Crippen LogP contribution in [0.2, 0.25) is 0 Å². The summed E-state index contributed by atoms with van der Waals surface area (Å²) < 4.78 is 13.2. The fourth-order valence-electron chi connectivity index (χ4n) is 2.94. The summed E-state index contributed by atoms with van der Waals surface area (Å²) >= 11 is 1.28.